The van der Waals surface area contributed by atoms with Crippen molar-refractivity contribution in [1.82, 2.24) is 4.98 Å². The molecule has 0 N–H and O–H groups in total. The van der Waals surface area contributed by atoms with E-state index in [1.54, 1.807) is 6.07 Å². The Morgan fingerprint density at radius 1 is 1.20 bits per heavy atom. The molecule has 2 heterocycles. The van der Waals surface area contributed by atoms with Gasteiger partial charge in [0.2, 0.25) is 0 Å². The summed E-state index contributed by atoms with van der Waals surface area (Å²) in [7, 11) is 0. The number of hydrogen-bond donors (Lipinski definition) is 0. The van der Waals surface area contributed by atoms with E-state index < -0.39 is 5.24 Å². The normalized spacial score (nSPS) is 10.9. The van der Waals surface area contributed by atoms with E-state index in [1.165, 1.54) is 0 Å². The molecule has 0 atom stereocenters. The molecule has 0 aliphatic carbocycles. The number of para-hydroxylation sites is 1. The summed E-state index contributed by atoms with van der Waals surface area (Å²) in [6.45, 7) is 3.82. The van der Waals surface area contributed by atoms with Crippen LogP contribution < -0.4 is 0 Å². The van der Waals surface area contributed by atoms with E-state index in [4.69, 9.17) is 16.0 Å². The fourth-order valence-corrected chi connectivity index (χ4v) is 2.41. The van der Waals surface area contributed by atoms with Crippen molar-refractivity contribution in [3.63, 3.8) is 0 Å². The molecular formula is C16H12ClNO2. The fraction of sp³-hybridized carbons (Fsp3) is 0.125. The molecule has 0 bridgehead atoms. The molecule has 0 saturated heterocycles. The maximum atomic E-state index is 11.7. The monoisotopic (exact) mass is 285 g/mol. The van der Waals surface area contributed by atoms with Gasteiger partial charge >= 0.3 is 0 Å². The molecule has 1 aromatic carbocycles. The molecule has 0 aliphatic heterocycles. The molecule has 4 heteroatoms. The zero-order valence-corrected chi connectivity index (χ0v) is 11.9. The lowest BCUT2D eigenvalue weighted by molar-refractivity contribution is 0.108. The molecule has 3 rings (SSSR count). The van der Waals surface area contributed by atoms with Crippen molar-refractivity contribution in [2.45, 2.75) is 13.8 Å². The average Bonchev–Trinajstić information content (AvgIpc) is 2.85. The first kappa shape index (κ1) is 12.9. The van der Waals surface area contributed by atoms with Crippen LogP contribution in [-0.2, 0) is 0 Å². The Kier molecular flexibility index (Phi) is 3.07. The highest BCUT2D eigenvalue weighted by Crippen LogP contribution is 2.28. The van der Waals surface area contributed by atoms with Crippen LogP contribution in [0.1, 0.15) is 21.7 Å². The van der Waals surface area contributed by atoms with Crippen molar-refractivity contribution in [3.8, 4) is 11.5 Å². The Hall–Kier alpha value is -2.13. The van der Waals surface area contributed by atoms with E-state index >= 15 is 0 Å². The van der Waals surface area contributed by atoms with E-state index in [9.17, 15) is 4.79 Å². The Balaban J connectivity index is 2.35. The number of fused-ring (bicyclic) bond motifs is 1. The summed E-state index contributed by atoms with van der Waals surface area (Å²) in [6, 6.07) is 11.1. The molecule has 3 nitrogen and oxygen atoms in total. The van der Waals surface area contributed by atoms with Gasteiger partial charge in [-0.05, 0) is 49.2 Å². The second-order valence-corrected chi connectivity index (χ2v) is 5.05. The summed E-state index contributed by atoms with van der Waals surface area (Å²) in [6.07, 6.45) is 0. The molecule has 0 aliphatic rings. The van der Waals surface area contributed by atoms with E-state index in [0.29, 0.717) is 17.0 Å². The number of nitrogens with zero attached hydrogens (tertiary/aromatic N) is 1. The Morgan fingerprint density at radius 2 is 2.00 bits per heavy atom. The van der Waals surface area contributed by atoms with Crippen LogP contribution in [0.5, 0.6) is 0 Å². The van der Waals surface area contributed by atoms with Gasteiger partial charge in [0.05, 0.1) is 5.52 Å². The van der Waals surface area contributed by atoms with Crippen molar-refractivity contribution in [2.24, 2.45) is 0 Å². The number of aryl methyl sites for hydroxylation is 2. The quantitative estimate of drug-likeness (QED) is 0.652. The lowest BCUT2D eigenvalue weighted by atomic mass is 10.0. The first-order valence-corrected chi connectivity index (χ1v) is 6.61. The van der Waals surface area contributed by atoms with Gasteiger partial charge in [-0.1, -0.05) is 18.2 Å². The number of rotatable bonds is 2. The summed E-state index contributed by atoms with van der Waals surface area (Å²) >= 11 is 5.70. The highest BCUT2D eigenvalue weighted by atomic mass is 35.5. The van der Waals surface area contributed by atoms with Crippen molar-refractivity contribution in [2.75, 3.05) is 0 Å². The van der Waals surface area contributed by atoms with Gasteiger partial charge in [-0.2, -0.15) is 0 Å². The second kappa shape index (κ2) is 4.76. The highest BCUT2D eigenvalue weighted by Gasteiger charge is 2.14. The maximum absolute atomic E-state index is 11.7. The fourth-order valence-electron chi connectivity index (χ4n) is 2.25. The van der Waals surface area contributed by atoms with Crippen molar-refractivity contribution in [3.05, 3.63) is 53.3 Å². The van der Waals surface area contributed by atoms with Gasteiger partial charge in [0, 0.05) is 10.9 Å². The minimum absolute atomic E-state index is 0.449. The van der Waals surface area contributed by atoms with Crippen LogP contribution in [0.25, 0.3) is 22.4 Å². The molecule has 0 unspecified atom stereocenters. The van der Waals surface area contributed by atoms with E-state index in [1.807, 2.05) is 44.2 Å². The lowest BCUT2D eigenvalue weighted by Gasteiger charge is -2.07. The molecule has 2 aromatic heterocycles. The van der Waals surface area contributed by atoms with Crippen molar-refractivity contribution < 1.29 is 9.21 Å². The minimum Gasteiger partial charge on any atom is -0.460 e. The molecule has 20 heavy (non-hydrogen) atoms. The van der Waals surface area contributed by atoms with Crippen molar-refractivity contribution >= 4 is 27.7 Å². The van der Waals surface area contributed by atoms with Gasteiger partial charge in [0.25, 0.3) is 5.24 Å². The Bertz CT molecular complexity index is 820. The first-order chi connectivity index (χ1) is 9.56. The van der Waals surface area contributed by atoms with Crippen LogP contribution in [0.15, 0.2) is 40.8 Å². The standard InChI is InChI=1S/C16H12ClNO2/c1-9-4-3-5-11-12(16(17)19)8-13(18-15(9)11)14-7-6-10(2)20-14/h3-8H,1-2H3. The summed E-state index contributed by atoms with van der Waals surface area (Å²) < 4.78 is 5.58. The lowest BCUT2D eigenvalue weighted by Crippen LogP contribution is -1.96. The zero-order valence-electron chi connectivity index (χ0n) is 11.1. The molecule has 3 aromatic rings. The molecular weight excluding hydrogens is 274 g/mol. The van der Waals surface area contributed by atoms with Crippen LogP contribution in [-0.4, -0.2) is 10.2 Å². The van der Waals surface area contributed by atoms with Crippen molar-refractivity contribution in [1.29, 1.82) is 0 Å². The summed E-state index contributed by atoms with van der Waals surface area (Å²) in [4.78, 5) is 16.3. The van der Waals surface area contributed by atoms with Gasteiger partial charge in [0.15, 0.2) is 5.76 Å². The van der Waals surface area contributed by atoms with E-state index in [-0.39, 0.29) is 0 Å². The van der Waals surface area contributed by atoms with Crippen LogP contribution in [0.2, 0.25) is 0 Å². The summed E-state index contributed by atoms with van der Waals surface area (Å²) in [5.74, 6) is 1.43. The highest BCUT2D eigenvalue weighted by molar-refractivity contribution is 6.68. The molecule has 0 radical (unpaired) electrons. The van der Waals surface area contributed by atoms with Crippen LogP contribution in [0.4, 0.5) is 0 Å². The van der Waals surface area contributed by atoms with E-state index in [2.05, 4.69) is 4.98 Å². The smallest absolute Gasteiger partial charge is 0.253 e. The number of hydrogen-bond acceptors (Lipinski definition) is 3. The topological polar surface area (TPSA) is 43.1 Å². The SMILES string of the molecule is Cc1ccc(-c2cc(C(=O)Cl)c3cccc(C)c3n2)o1. The molecule has 100 valence electrons. The number of pyridine rings is 1. The largest absolute Gasteiger partial charge is 0.460 e. The van der Waals surface area contributed by atoms with Gasteiger partial charge < -0.3 is 4.42 Å². The van der Waals surface area contributed by atoms with Gasteiger partial charge in [-0.3, -0.25) is 4.79 Å². The number of halogens is 1. The minimum atomic E-state index is -0.493. The third-order valence-electron chi connectivity index (χ3n) is 3.25. The molecule has 0 amide bonds. The second-order valence-electron chi connectivity index (χ2n) is 4.71. The number of carbonyl (C=O) groups is 1. The maximum Gasteiger partial charge on any atom is 0.253 e. The molecule has 0 fully saturated rings. The third-order valence-corrected chi connectivity index (χ3v) is 3.45. The molecule has 0 saturated carbocycles. The van der Waals surface area contributed by atoms with Gasteiger partial charge in [0.1, 0.15) is 11.5 Å². The first-order valence-electron chi connectivity index (χ1n) is 6.23. The van der Waals surface area contributed by atoms with E-state index in [0.717, 1.165) is 22.2 Å². The Morgan fingerprint density at radius 3 is 2.65 bits per heavy atom. The van der Waals surface area contributed by atoms with Gasteiger partial charge in [-0.25, -0.2) is 4.98 Å². The number of aromatic nitrogens is 1. The number of carbonyl (C=O) groups excluding carboxylic acids is 1. The summed E-state index contributed by atoms with van der Waals surface area (Å²) in [5.41, 5.74) is 2.82. The average molecular weight is 286 g/mol. The van der Waals surface area contributed by atoms with Crippen LogP contribution >= 0.6 is 11.6 Å². The van der Waals surface area contributed by atoms with Gasteiger partial charge in [-0.15, -0.1) is 0 Å². The Labute approximate surface area is 121 Å². The molecule has 0 spiro atoms. The summed E-state index contributed by atoms with van der Waals surface area (Å²) in [5, 5.41) is 0.268. The zero-order chi connectivity index (χ0) is 14.3. The predicted octanol–water partition coefficient (Wildman–Crippen LogP) is 4.49. The third kappa shape index (κ3) is 2.10. The number of furan rings is 1. The predicted molar refractivity (Wildman–Crippen MR) is 79.1 cm³/mol. The van der Waals surface area contributed by atoms with Crippen LogP contribution in [0.3, 0.4) is 0 Å². The van der Waals surface area contributed by atoms with Crippen LogP contribution in [0, 0.1) is 13.8 Å². The number of benzene rings is 1.